The van der Waals surface area contributed by atoms with E-state index in [0.717, 1.165) is 19.3 Å². The van der Waals surface area contributed by atoms with Crippen LogP contribution in [0.25, 0.3) is 0 Å². The monoisotopic (exact) mass is 394 g/mol. The van der Waals surface area contributed by atoms with Crippen molar-refractivity contribution in [3.63, 3.8) is 0 Å². The molecule has 0 amide bonds. The SMILES string of the molecule is CC/C=C\C/C=C\C/C=C\C[C@@H]1O[C@@H]([C@@H](O)/C=C/[C@@H](O)CCC(=O)O)C[C@@H]1O. The summed E-state index contributed by atoms with van der Waals surface area (Å²) in [4.78, 5) is 10.5. The molecule has 0 aromatic rings. The van der Waals surface area contributed by atoms with Crippen LogP contribution in [0.3, 0.4) is 0 Å². The number of rotatable bonds is 13. The number of aliphatic carboxylic acids is 1. The molecule has 5 atom stereocenters. The second-order valence-electron chi connectivity index (χ2n) is 6.92. The maximum atomic E-state index is 10.5. The molecule has 0 radical (unpaired) electrons. The van der Waals surface area contributed by atoms with Gasteiger partial charge in [0.25, 0.3) is 0 Å². The molecule has 1 fully saturated rings. The summed E-state index contributed by atoms with van der Waals surface area (Å²) in [5.74, 6) is -0.977. The highest BCUT2D eigenvalue weighted by Gasteiger charge is 2.36. The molecule has 1 rings (SSSR count). The number of carboxylic acid groups (broad SMARTS) is 1. The van der Waals surface area contributed by atoms with Crippen molar-refractivity contribution in [2.24, 2.45) is 0 Å². The second kappa shape index (κ2) is 14.3. The molecule has 1 aliphatic heterocycles. The Bertz CT molecular complexity index is 551. The lowest BCUT2D eigenvalue weighted by molar-refractivity contribution is -0.137. The molecule has 6 heteroatoms. The summed E-state index contributed by atoms with van der Waals surface area (Å²) < 4.78 is 5.73. The first kappa shape index (κ1) is 24.3. The Hall–Kier alpha value is -1.73. The van der Waals surface area contributed by atoms with Crippen molar-refractivity contribution in [2.45, 2.75) is 82.4 Å². The summed E-state index contributed by atoms with van der Waals surface area (Å²) in [6.45, 7) is 2.11. The largest absolute Gasteiger partial charge is 0.481 e. The van der Waals surface area contributed by atoms with Crippen molar-refractivity contribution in [3.05, 3.63) is 48.6 Å². The average molecular weight is 395 g/mol. The van der Waals surface area contributed by atoms with E-state index < -0.39 is 30.4 Å². The van der Waals surface area contributed by atoms with Gasteiger partial charge in [0.15, 0.2) is 0 Å². The predicted octanol–water partition coefficient (Wildman–Crippen LogP) is 2.90. The molecule has 0 bridgehead atoms. The fourth-order valence-electron chi connectivity index (χ4n) is 2.87. The number of hydrogen-bond acceptors (Lipinski definition) is 5. The number of aliphatic hydroxyl groups is 3. The zero-order chi connectivity index (χ0) is 20.8. The smallest absolute Gasteiger partial charge is 0.303 e. The number of hydrogen-bond donors (Lipinski definition) is 4. The van der Waals surface area contributed by atoms with E-state index in [-0.39, 0.29) is 18.9 Å². The zero-order valence-corrected chi connectivity index (χ0v) is 16.6. The fourth-order valence-corrected chi connectivity index (χ4v) is 2.87. The van der Waals surface area contributed by atoms with Crippen molar-refractivity contribution >= 4 is 5.97 Å². The molecule has 0 aliphatic carbocycles. The van der Waals surface area contributed by atoms with Crippen molar-refractivity contribution in [1.29, 1.82) is 0 Å². The third-order valence-corrected chi connectivity index (χ3v) is 4.47. The summed E-state index contributed by atoms with van der Waals surface area (Å²) in [7, 11) is 0. The van der Waals surface area contributed by atoms with Gasteiger partial charge in [-0.05, 0) is 32.1 Å². The first-order valence-electron chi connectivity index (χ1n) is 9.98. The van der Waals surface area contributed by atoms with Crippen LogP contribution < -0.4 is 0 Å². The van der Waals surface area contributed by atoms with Crippen molar-refractivity contribution in [3.8, 4) is 0 Å². The van der Waals surface area contributed by atoms with Gasteiger partial charge in [0.2, 0.25) is 0 Å². The lowest BCUT2D eigenvalue weighted by Gasteiger charge is -2.16. The van der Waals surface area contributed by atoms with E-state index in [1.807, 2.05) is 12.2 Å². The standard InChI is InChI=1S/C22H34O6/c1-2-3-4-5-6-7-8-9-10-11-20-19(25)16-21(28-20)18(24)14-12-17(23)13-15-22(26)27/h3-4,6-7,9-10,12,14,17-21,23-25H,2,5,8,11,13,15-16H2,1H3,(H,26,27)/b4-3-,7-6-,10-9-,14-12+/t17-,18+,19+,20+,21-/m1/s1. The van der Waals surface area contributed by atoms with Crippen LogP contribution in [0.15, 0.2) is 48.6 Å². The molecule has 0 spiro atoms. The molecule has 1 aliphatic rings. The van der Waals surface area contributed by atoms with Crippen LogP contribution >= 0.6 is 0 Å². The molecule has 0 unspecified atom stereocenters. The van der Waals surface area contributed by atoms with Crippen LogP contribution in [0.4, 0.5) is 0 Å². The van der Waals surface area contributed by atoms with Crippen molar-refractivity contribution < 1.29 is 30.0 Å². The predicted molar refractivity (Wildman–Crippen MR) is 109 cm³/mol. The summed E-state index contributed by atoms with van der Waals surface area (Å²) in [5.41, 5.74) is 0. The highest BCUT2D eigenvalue weighted by molar-refractivity contribution is 5.66. The average Bonchev–Trinajstić information content (AvgIpc) is 3.03. The van der Waals surface area contributed by atoms with Crippen LogP contribution in [-0.4, -0.2) is 56.9 Å². The molecule has 0 aromatic heterocycles. The number of carbonyl (C=O) groups is 1. The fraction of sp³-hybridized carbons (Fsp3) is 0.591. The van der Waals surface area contributed by atoms with Gasteiger partial charge in [-0.25, -0.2) is 0 Å². The van der Waals surface area contributed by atoms with Gasteiger partial charge in [-0.15, -0.1) is 0 Å². The summed E-state index contributed by atoms with van der Waals surface area (Å²) in [6.07, 6.45) is 15.5. The lowest BCUT2D eigenvalue weighted by Crippen LogP contribution is -2.24. The van der Waals surface area contributed by atoms with E-state index >= 15 is 0 Å². The van der Waals surface area contributed by atoms with E-state index in [2.05, 4.69) is 31.2 Å². The first-order chi connectivity index (χ1) is 13.4. The van der Waals surface area contributed by atoms with E-state index in [9.17, 15) is 20.1 Å². The quantitative estimate of drug-likeness (QED) is 0.358. The summed E-state index contributed by atoms with van der Waals surface area (Å²) >= 11 is 0. The normalized spacial score (nSPS) is 25.5. The molecule has 0 saturated carbocycles. The molecule has 158 valence electrons. The Labute approximate surface area is 167 Å². The Morgan fingerprint density at radius 3 is 2.36 bits per heavy atom. The van der Waals surface area contributed by atoms with E-state index in [1.54, 1.807) is 0 Å². The van der Waals surface area contributed by atoms with Gasteiger partial charge < -0.3 is 25.2 Å². The van der Waals surface area contributed by atoms with Gasteiger partial charge in [-0.3, -0.25) is 4.79 Å². The third-order valence-electron chi connectivity index (χ3n) is 4.47. The van der Waals surface area contributed by atoms with Gasteiger partial charge in [-0.2, -0.15) is 0 Å². The molecule has 1 heterocycles. The third kappa shape index (κ3) is 10.6. The number of aliphatic hydroxyl groups excluding tert-OH is 3. The highest BCUT2D eigenvalue weighted by Crippen LogP contribution is 2.26. The first-order valence-corrected chi connectivity index (χ1v) is 9.98. The van der Waals surface area contributed by atoms with Gasteiger partial charge >= 0.3 is 5.97 Å². The van der Waals surface area contributed by atoms with Gasteiger partial charge in [0.1, 0.15) is 0 Å². The maximum absolute atomic E-state index is 10.5. The van der Waals surface area contributed by atoms with Gasteiger partial charge in [0, 0.05) is 12.8 Å². The van der Waals surface area contributed by atoms with E-state index in [0.29, 0.717) is 12.8 Å². The van der Waals surface area contributed by atoms with Crippen LogP contribution in [0, 0.1) is 0 Å². The van der Waals surface area contributed by atoms with E-state index in [4.69, 9.17) is 9.84 Å². The van der Waals surface area contributed by atoms with Crippen molar-refractivity contribution in [1.82, 2.24) is 0 Å². The Balaban J connectivity index is 2.32. The molecule has 28 heavy (non-hydrogen) atoms. The topological polar surface area (TPSA) is 107 Å². The minimum absolute atomic E-state index is 0.0868. The number of allylic oxidation sites excluding steroid dienone is 5. The molecule has 6 nitrogen and oxygen atoms in total. The zero-order valence-electron chi connectivity index (χ0n) is 16.6. The Kier molecular flexibility index (Phi) is 12.4. The van der Waals surface area contributed by atoms with Crippen LogP contribution in [-0.2, 0) is 9.53 Å². The van der Waals surface area contributed by atoms with Crippen molar-refractivity contribution in [2.75, 3.05) is 0 Å². The highest BCUT2D eigenvalue weighted by atomic mass is 16.5. The molecular weight excluding hydrogens is 360 g/mol. The molecule has 0 aromatic carbocycles. The van der Waals surface area contributed by atoms with E-state index in [1.165, 1.54) is 12.2 Å². The Morgan fingerprint density at radius 2 is 1.71 bits per heavy atom. The molecular formula is C22H34O6. The minimum Gasteiger partial charge on any atom is -0.481 e. The summed E-state index contributed by atoms with van der Waals surface area (Å²) in [6, 6.07) is 0. The maximum Gasteiger partial charge on any atom is 0.303 e. The van der Waals surface area contributed by atoms with Crippen LogP contribution in [0.1, 0.15) is 51.9 Å². The van der Waals surface area contributed by atoms with Crippen LogP contribution in [0.2, 0.25) is 0 Å². The summed E-state index contributed by atoms with van der Waals surface area (Å²) in [5, 5.41) is 38.5. The molecule has 1 saturated heterocycles. The lowest BCUT2D eigenvalue weighted by atomic mass is 10.0. The second-order valence-corrected chi connectivity index (χ2v) is 6.92. The Morgan fingerprint density at radius 1 is 1.07 bits per heavy atom. The molecule has 4 N–H and O–H groups in total. The van der Waals surface area contributed by atoms with Gasteiger partial charge in [-0.1, -0.05) is 55.5 Å². The van der Waals surface area contributed by atoms with Gasteiger partial charge in [0.05, 0.1) is 30.5 Å². The minimum atomic E-state index is -0.977. The number of carboxylic acids is 1. The number of ether oxygens (including phenoxy) is 1. The van der Waals surface area contributed by atoms with Crippen LogP contribution in [0.5, 0.6) is 0 Å².